The van der Waals surface area contributed by atoms with Gasteiger partial charge in [0.2, 0.25) is 0 Å². The maximum atomic E-state index is 11.3. The molecule has 1 aromatic heterocycles. The average Bonchev–Trinajstić information content (AvgIpc) is 2.08. The summed E-state index contributed by atoms with van der Waals surface area (Å²) >= 11 is 0. The van der Waals surface area contributed by atoms with E-state index in [1.807, 2.05) is 0 Å². The fourth-order valence-corrected chi connectivity index (χ4v) is 0.924. The quantitative estimate of drug-likeness (QED) is 0.707. The Morgan fingerprint density at radius 2 is 2.38 bits per heavy atom. The summed E-state index contributed by atoms with van der Waals surface area (Å²) in [4.78, 5) is 15.2. The number of aromatic nitrogens is 1. The SMILES string of the molecule is C=C(C)C(=O)Cc1cccnc1N. The highest BCUT2D eigenvalue weighted by molar-refractivity contribution is 5.96. The van der Waals surface area contributed by atoms with Crippen LogP contribution in [0.5, 0.6) is 0 Å². The maximum Gasteiger partial charge on any atom is 0.162 e. The molecule has 3 heteroatoms. The first kappa shape index (κ1) is 9.45. The lowest BCUT2D eigenvalue weighted by atomic mass is 10.1. The van der Waals surface area contributed by atoms with E-state index < -0.39 is 0 Å². The number of rotatable bonds is 3. The van der Waals surface area contributed by atoms with E-state index in [1.165, 1.54) is 0 Å². The smallest absolute Gasteiger partial charge is 0.162 e. The van der Waals surface area contributed by atoms with E-state index in [0.717, 1.165) is 5.56 Å². The summed E-state index contributed by atoms with van der Waals surface area (Å²) in [5.74, 6) is 0.414. The third kappa shape index (κ3) is 2.40. The van der Waals surface area contributed by atoms with Gasteiger partial charge in [-0.25, -0.2) is 4.98 Å². The molecule has 0 aliphatic carbocycles. The topological polar surface area (TPSA) is 56.0 Å². The summed E-state index contributed by atoms with van der Waals surface area (Å²) in [6.45, 7) is 5.26. The van der Waals surface area contributed by atoms with Crippen molar-refractivity contribution in [3.8, 4) is 0 Å². The maximum absolute atomic E-state index is 11.3. The highest BCUT2D eigenvalue weighted by Crippen LogP contribution is 2.09. The van der Waals surface area contributed by atoms with Gasteiger partial charge in [-0.3, -0.25) is 4.79 Å². The minimum Gasteiger partial charge on any atom is -0.383 e. The number of hydrogen-bond acceptors (Lipinski definition) is 3. The van der Waals surface area contributed by atoms with Gasteiger partial charge in [-0.1, -0.05) is 12.6 Å². The van der Waals surface area contributed by atoms with Crippen LogP contribution in [0.4, 0.5) is 5.82 Å². The number of allylic oxidation sites excluding steroid dienone is 1. The van der Waals surface area contributed by atoms with E-state index in [4.69, 9.17) is 5.73 Å². The Balaban J connectivity index is 2.81. The molecule has 0 saturated heterocycles. The predicted octanol–water partition coefficient (Wildman–Crippen LogP) is 1.35. The molecule has 0 bridgehead atoms. The summed E-state index contributed by atoms with van der Waals surface area (Å²) in [6, 6.07) is 3.56. The van der Waals surface area contributed by atoms with Gasteiger partial charge in [0.05, 0.1) is 0 Å². The van der Waals surface area contributed by atoms with Crippen molar-refractivity contribution in [1.82, 2.24) is 4.98 Å². The van der Waals surface area contributed by atoms with Gasteiger partial charge in [-0.05, 0) is 18.6 Å². The van der Waals surface area contributed by atoms with Gasteiger partial charge < -0.3 is 5.73 Å². The first-order chi connectivity index (χ1) is 6.11. The second-order valence-corrected chi connectivity index (χ2v) is 2.93. The predicted molar refractivity (Wildman–Crippen MR) is 52.2 cm³/mol. The van der Waals surface area contributed by atoms with Gasteiger partial charge >= 0.3 is 0 Å². The van der Waals surface area contributed by atoms with E-state index in [2.05, 4.69) is 11.6 Å². The molecule has 0 spiro atoms. The molecule has 68 valence electrons. The zero-order valence-electron chi connectivity index (χ0n) is 7.58. The normalized spacial score (nSPS) is 9.62. The lowest BCUT2D eigenvalue weighted by Crippen LogP contribution is -2.06. The molecule has 0 fully saturated rings. The summed E-state index contributed by atoms with van der Waals surface area (Å²) in [5, 5.41) is 0. The second-order valence-electron chi connectivity index (χ2n) is 2.93. The lowest BCUT2D eigenvalue weighted by molar-refractivity contribution is -0.114. The van der Waals surface area contributed by atoms with Crippen molar-refractivity contribution in [2.24, 2.45) is 0 Å². The van der Waals surface area contributed by atoms with Gasteiger partial charge in [0, 0.05) is 18.2 Å². The molecule has 0 unspecified atom stereocenters. The molecule has 1 heterocycles. The van der Waals surface area contributed by atoms with Crippen LogP contribution >= 0.6 is 0 Å². The number of ketones is 1. The summed E-state index contributed by atoms with van der Waals surface area (Å²) < 4.78 is 0. The standard InChI is InChI=1S/C10H12N2O/c1-7(2)9(13)6-8-4-3-5-12-10(8)11/h3-5H,1,6H2,2H3,(H2,11,12). The monoisotopic (exact) mass is 176 g/mol. The molecule has 13 heavy (non-hydrogen) atoms. The van der Waals surface area contributed by atoms with Gasteiger partial charge in [-0.15, -0.1) is 0 Å². The van der Waals surface area contributed by atoms with Crippen LogP contribution in [0.1, 0.15) is 12.5 Å². The minimum atomic E-state index is -0.000278. The Morgan fingerprint density at radius 3 is 2.92 bits per heavy atom. The molecule has 0 atom stereocenters. The number of pyridine rings is 1. The van der Waals surface area contributed by atoms with Crippen molar-refractivity contribution < 1.29 is 4.79 Å². The van der Waals surface area contributed by atoms with Crippen molar-refractivity contribution in [2.45, 2.75) is 13.3 Å². The molecule has 1 rings (SSSR count). The van der Waals surface area contributed by atoms with Crippen molar-refractivity contribution in [1.29, 1.82) is 0 Å². The zero-order valence-corrected chi connectivity index (χ0v) is 7.58. The van der Waals surface area contributed by atoms with Crippen LogP contribution in [0.3, 0.4) is 0 Å². The van der Waals surface area contributed by atoms with Gasteiger partial charge in [0.1, 0.15) is 5.82 Å². The van der Waals surface area contributed by atoms with Crippen LogP contribution in [-0.2, 0) is 11.2 Å². The van der Waals surface area contributed by atoms with Gasteiger partial charge in [0.15, 0.2) is 5.78 Å². The zero-order chi connectivity index (χ0) is 9.84. The molecule has 3 nitrogen and oxygen atoms in total. The molecule has 0 saturated carbocycles. The molecular weight excluding hydrogens is 164 g/mol. The summed E-state index contributed by atoms with van der Waals surface area (Å²) in [5.41, 5.74) is 6.88. The van der Waals surface area contributed by atoms with Crippen LogP contribution in [0.2, 0.25) is 0 Å². The van der Waals surface area contributed by atoms with Gasteiger partial charge in [-0.2, -0.15) is 0 Å². The number of nitrogens with two attached hydrogens (primary N) is 1. The number of Topliss-reactive ketones (excluding diaryl/α,β-unsaturated/α-hetero) is 1. The molecule has 0 radical (unpaired) electrons. The molecular formula is C10H12N2O. The molecule has 0 aliphatic heterocycles. The number of hydrogen-bond donors (Lipinski definition) is 1. The molecule has 0 amide bonds. The third-order valence-electron chi connectivity index (χ3n) is 1.75. The van der Waals surface area contributed by atoms with E-state index in [1.54, 1.807) is 25.3 Å². The van der Waals surface area contributed by atoms with Crippen molar-refractivity contribution in [2.75, 3.05) is 5.73 Å². The number of anilines is 1. The van der Waals surface area contributed by atoms with Crippen LogP contribution < -0.4 is 5.73 Å². The first-order valence-corrected chi connectivity index (χ1v) is 3.99. The highest BCUT2D eigenvalue weighted by atomic mass is 16.1. The van der Waals surface area contributed by atoms with E-state index in [9.17, 15) is 4.79 Å². The van der Waals surface area contributed by atoms with Crippen molar-refractivity contribution in [3.05, 3.63) is 36.0 Å². The number of carbonyl (C=O) groups is 1. The van der Waals surface area contributed by atoms with Crippen LogP contribution in [0.15, 0.2) is 30.5 Å². The molecule has 2 N–H and O–H groups in total. The van der Waals surface area contributed by atoms with E-state index in [-0.39, 0.29) is 12.2 Å². The Bertz CT molecular complexity index is 345. The number of nitrogen functional groups attached to an aromatic ring is 1. The molecule has 1 aromatic rings. The minimum absolute atomic E-state index is 0.000278. The second kappa shape index (κ2) is 3.85. The fourth-order valence-electron chi connectivity index (χ4n) is 0.924. The van der Waals surface area contributed by atoms with Crippen LogP contribution in [-0.4, -0.2) is 10.8 Å². The van der Waals surface area contributed by atoms with E-state index >= 15 is 0 Å². The van der Waals surface area contributed by atoms with Crippen molar-refractivity contribution >= 4 is 11.6 Å². The Labute approximate surface area is 77.3 Å². The molecule has 0 aliphatic rings. The summed E-state index contributed by atoms with van der Waals surface area (Å²) in [6.07, 6.45) is 1.89. The Hall–Kier alpha value is -1.64. The largest absolute Gasteiger partial charge is 0.383 e. The van der Waals surface area contributed by atoms with E-state index in [0.29, 0.717) is 11.4 Å². The van der Waals surface area contributed by atoms with Crippen LogP contribution in [0, 0.1) is 0 Å². The van der Waals surface area contributed by atoms with Gasteiger partial charge in [0.25, 0.3) is 0 Å². The Kier molecular flexibility index (Phi) is 2.80. The van der Waals surface area contributed by atoms with Crippen molar-refractivity contribution in [3.63, 3.8) is 0 Å². The number of carbonyl (C=O) groups excluding carboxylic acids is 1. The number of nitrogens with zero attached hydrogens (tertiary/aromatic N) is 1. The first-order valence-electron chi connectivity index (χ1n) is 3.99. The molecule has 0 aromatic carbocycles. The lowest BCUT2D eigenvalue weighted by Gasteiger charge is -2.02. The summed E-state index contributed by atoms with van der Waals surface area (Å²) in [7, 11) is 0. The average molecular weight is 176 g/mol. The highest BCUT2D eigenvalue weighted by Gasteiger charge is 2.06. The van der Waals surface area contributed by atoms with Crippen LogP contribution in [0.25, 0.3) is 0 Å². The third-order valence-corrected chi connectivity index (χ3v) is 1.75. The Morgan fingerprint density at radius 1 is 1.69 bits per heavy atom. The fraction of sp³-hybridized carbons (Fsp3) is 0.200.